The maximum absolute atomic E-state index is 6.07. The van der Waals surface area contributed by atoms with Gasteiger partial charge in [-0.1, -0.05) is 41.9 Å². The molecule has 1 aliphatic rings. The average molecular weight is 365 g/mol. The molecule has 0 bridgehead atoms. The van der Waals surface area contributed by atoms with Crippen LogP contribution < -0.4 is 10.6 Å². The molecule has 1 heterocycles. The smallest absolute Gasteiger partial charge is 0.196 e. The highest BCUT2D eigenvalue weighted by Gasteiger charge is 2.27. The first-order valence-corrected chi connectivity index (χ1v) is 7.90. The van der Waals surface area contributed by atoms with Crippen molar-refractivity contribution in [1.82, 2.24) is 0 Å². The van der Waals surface area contributed by atoms with Gasteiger partial charge in [-0.3, -0.25) is 4.99 Å². The first-order valence-electron chi connectivity index (χ1n) is 6.73. The van der Waals surface area contributed by atoms with E-state index in [1.54, 1.807) is 0 Å². The molecule has 2 aromatic carbocycles. The summed E-state index contributed by atoms with van der Waals surface area (Å²) in [4.78, 5) is 6.47. The maximum atomic E-state index is 6.07. The van der Waals surface area contributed by atoms with Gasteiger partial charge in [-0.15, -0.1) is 0 Å². The van der Waals surface area contributed by atoms with Crippen LogP contribution in [0.1, 0.15) is 5.56 Å². The van der Waals surface area contributed by atoms with Crippen molar-refractivity contribution in [2.24, 2.45) is 10.7 Å². The van der Waals surface area contributed by atoms with Gasteiger partial charge in [0.2, 0.25) is 0 Å². The third-order valence-electron chi connectivity index (χ3n) is 3.57. The molecule has 0 fully saturated rings. The standard InChI is InChI=1S/C16H15BrClN3/c17-14-9-12(6-7-15(14)18)21-13(10-20-16(21)19)8-11-4-2-1-3-5-11/h1-7,9,13H,8,10H2,(H2,19,20). The molecule has 1 aliphatic heterocycles. The Morgan fingerprint density at radius 1 is 1.24 bits per heavy atom. The zero-order valence-corrected chi connectivity index (χ0v) is 13.7. The lowest BCUT2D eigenvalue weighted by Crippen LogP contribution is -2.42. The van der Waals surface area contributed by atoms with Crippen LogP contribution in [0.4, 0.5) is 5.69 Å². The lowest BCUT2D eigenvalue weighted by molar-refractivity contribution is 0.704. The number of hydrogen-bond acceptors (Lipinski definition) is 3. The molecule has 2 N–H and O–H groups in total. The van der Waals surface area contributed by atoms with Gasteiger partial charge in [-0.25, -0.2) is 0 Å². The predicted molar refractivity (Wildman–Crippen MR) is 92.1 cm³/mol. The quantitative estimate of drug-likeness (QED) is 0.899. The number of rotatable bonds is 3. The summed E-state index contributed by atoms with van der Waals surface area (Å²) >= 11 is 9.52. The second-order valence-corrected chi connectivity index (χ2v) is 6.27. The fraction of sp³-hybridized carbons (Fsp3) is 0.188. The van der Waals surface area contributed by atoms with Crippen LogP contribution in [0.2, 0.25) is 5.02 Å². The van der Waals surface area contributed by atoms with Crippen molar-refractivity contribution >= 4 is 39.2 Å². The van der Waals surface area contributed by atoms with Crippen molar-refractivity contribution in [2.45, 2.75) is 12.5 Å². The molecule has 2 aromatic rings. The molecule has 0 amide bonds. The second kappa shape index (κ2) is 6.08. The fourth-order valence-electron chi connectivity index (χ4n) is 2.56. The van der Waals surface area contributed by atoms with Gasteiger partial charge in [0, 0.05) is 10.2 Å². The molecular formula is C16H15BrClN3. The van der Waals surface area contributed by atoms with E-state index in [2.05, 4.69) is 50.1 Å². The van der Waals surface area contributed by atoms with Gasteiger partial charge in [0.1, 0.15) is 0 Å². The van der Waals surface area contributed by atoms with Gasteiger partial charge in [-0.2, -0.15) is 0 Å². The number of anilines is 1. The summed E-state index contributed by atoms with van der Waals surface area (Å²) in [6.07, 6.45) is 0.908. The summed E-state index contributed by atoms with van der Waals surface area (Å²) in [7, 11) is 0. The monoisotopic (exact) mass is 363 g/mol. The maximum Gasteiger partial charge on any atom is 0.196 e. The van der Waals surface area contributed by atoms with Crippen molar-refractivity contribution < 1.29 is 0 Å². The van der Waals surface area contributed by atoms with Crippen LogP contribution in [-0.2, 0) is 6.42 Å². The predicted octanol–water partition coefficient (Wildman–Crippen LogP) is 3.85. The number of hydrogen-bond donors (Lipinski definition) is 1. The Hall–Kier alpha value is -1.52. The Bertz CT molecular complexity index is 672. The van der Waals surface area contributed by atoms with Crippen molar-refractivity contribution in [1.29, 1.82) is 0 Å². The molecule has 0 aromatic heterocycles. The van der Waals surface area contributed by atoms with Crippen molar-refractivity contribution in [2.75, 3.05) is 11.4 Å². The largest absolute Gasteiger partial charge is 0.370 e. The Morgan fingerprint density at radius 3 is 2.71 bits per heavy atom. The number of benzene rings is 2. The SMILES string of the molecule is NC1=NCC(Cc2ccccc2)N1c1ccc(Cl)c(Br)c1. The first kappa shape index (κ1) is 14.4. The molecule has 0 spiro atoms. The minimum Gasteiger partial charge on any atom is -0.370 e. The van der Waals surface area contributed by atoms with Crippen LogP contribution in [0.3, 0.4) is 0 Å². The number of aliphatic imine (C=N–C) groups is 1. The summed E-state index contributed by atoms with van der Waals surface area (Å²) in [6, 6.07) is 16.4. The van der Waals surface area contributed by atoms with E-state index in [4.69, 9.17) is 17.3 Å². The third-order valence-corrected chi connectivity index (χ3v) is 4.79. The molecule has 21 heavy (non-hydrogen) atoms. The van der Waals surface area contributed by atoms with E-state index in [1.165, 1.54) is 5.56 Å². The molecule has 0 radical (unpaired) electrons. The Balaban J connectivity index is 1.87. The van der Waals surface area contributed by atoms with E-state index in [0.717, 1.165) is 16.6 Å². The Kier molecular flexibility index (Phi) is 4.17. The lowest BCUT2D eigenvalue weighted by atomic mass is 10.0. The molecule has 0 aliphatic carbocycles. The highest BCUT2D eigenvalue weighted by atomic mass is 79.9. The molecule has 5 heteroatoms. The van der Waals surface area contributed by atoms with E-state index in [1.807, 2.05) is 24.3 Å². The van der Waals surface area contributed by atoms with E-state index < -0.39 is 0 Å². The van der Waals surface area contributed by atoms with Crippen LogP contribution in [-0.4, -0.2) is 18.5 Å². The van der Waals surface area contributed by atoms with E-state index in [-0.39, 0.29) is 6.04 Å². The van der Waals surface area contributed by atoms with Crippen LogP contribution in [0.5, 0.6) is 0 Å². The average Bonchev–Trinajstić information content (AvgIpc) is 2.84. The van der Waals surface area contributed by atoms with Gasteiger partial charge in [0.05, 0.1) is 17.6 Å². The summed E-state index contributed by atoms with van der Waals surface area (Å²) in [5.74, 6) is 0.560. The summed E-state index contributed by atoms with van der Waals surface area (Å²) in [5, 5.41) is 0.688. The van der Waals surface area contributed by atoms with Gasteiger partial charge in [0.15, 0.2) is 5.96 Å². The molecule has 1 unspecified atom stereocenters. The van der Waals surface area contributed by atoms with Gasteiger partial charge >= 0.3 is 0 Å². The Morgan fingerprint density at radius 2 is 2.00 bits per heavy atom. The molecule has 108 valence electrons. The van der Waals surface area contributed by atoms with Crippen molar-refractivity contribution in [3.63, 3.8) is 0 Å². The van der Waals surface area contributed by atoms with Crippen LogP contribution in [0, 0.1) is 0 Å². The molecule has 0 saturated heterocycles. The molecular weight excluding hydrogens is 350 g/mol. The minimum atomic E-state index is 0.237. The van der Waals surface area contributed by atoms with Crippen molar-refractivity contribution in [3.8, 4) is 0 Å². The second-order valence-electron chi connectivity index (χ2n) is 5.01. The normalized spacial score (nSPS) is 17.9. The third kappa shape index (κ3) is 3.06. The zero-order valence-electron chi connectivity index (χ0n) is 11.3. The molecule has 1 atom stereocenters. The zero-order chi connectivity index (χ0) is 14.8. The summed E-state index contributed by atoms with van der Waals surface area (Å²) < 4.78 is 0.861. The van der Waals surface area contributed by atoms with Crippen LogP contribution in [0.25, 0.3) is 0 Å². The topological polar surface area (TPSA) is 41.6 Å². The highest BCUT2D eigenvalue weighted by molar-refractivity contribution is 9.10. The first-order chi connectivity index (χ1) is 10.1. The van der Waals surface area contributed by atoms with Gasteiger partial charge < -0.3 is 10.6 Å². The summed E-state index contributed by atoms with van der Waals surface area (Å²) in [5.41, 5.74) is 8.36. The molecule has 3 nitrogen and oxygen atoms in total. The van der Waals surface area contributed by atoms with E-state index in [9.17, 15) is 0 Å². The van der Waals surface area contributed by atoms with Crippen LogP contribution >= 0.6 is 27.5 Å². The highest BCUT2D eigenvalue weighted by Crippen LogP contribution is 2.30. The number of nitrogens with zero attached hydrogens (tertiary/aromatic N) is 2. The van der Waals surface area contributed by atoms with Gasteiger partial charge in [-0.05, 0) is 46.1 Å². The molecule has 0 saturated carbocycles. The van der Waals surface area contributed by atoms with E-state index in [0.29, 0.717) is 17.5 Å². The van der Waals surface area contributed by atoms with E-state index >= 15 is 0 Å². The van der Waals surface area contributed by atoms with Crippen molar-refractivity contribution in [3.05, 3.63) is 63.6 Å². The van der Waals surface area contributed by atoms with Crippen LogP contribution in [0.15, 0.2) is 58.0 Å². The lowest BCUT2D eigenvalue weighted by Gasteiger charge is -2.26. The fourth-order valence-corrected chi connectivity index (χ4v) is 3.05. The number of halogens is 2. The van der Waals surface area contributed by atoms with Gasteiger partial charge in [0.25, 0.3) is 0 Å². The summed E-state index contributed by atoms with van der Waals surface area (Å²) in [6.45, 7) is 0.709. The number of nitrogens with two attached hydrogens (primary N) is 1. The minimum absolute atomic E-state index is 0.237. The molecule has 3 rings (SSSR count). The number of guanidine groups is 1. The Labute approximate surface area is 137 Å².